The van der Waals surface area contributed by atoms with Gasteiger partial charge in [0.1, 0.15) is 5.82 Å². The summed E-state index contributed by atoms with van der Waals surface area (Å²) in [5.74, 6) is 0.181. The second kappa shape index (κ2) is 9.44. The maximum atomic E-state index is 14.5. The number of carbonyl (C=O) groups excluding carboxylic acids is 1. The van der Waals surface area contributed by atoms with Gasteiger partial charge in [-0.1, -0.05) is 32.9 Å². The van der Waals surface area contributed by atoms with Gasteiger partial charge in [-0.25, -0.2) is 4.39 Å². The van der Waals surface area contributed by atoms with Crippen LogP contribution in [0, 0.1) is 11.7 Å². The van der Waals surface area contributed by atoms with Gasteiger partial charge in [0, 0.05) is 20.0 Å². The lowest BCUT2D eigenvalue weighted by molar-refractivity contribution is -0.143. The number of benzene rings is 1. The Kier molecular flexibility index (Phi) is 7.92. The number of nitrogens with zero attached hydrogens (tertiary/aromatic N) is 1. The quantitative estimate of drug-likeness (QED) is 0.506. The van der Waals surface area contributed by atoms with Crippen LogP contribution < -0.4 is 4.90 Å². The van der Waals surface area contributed by atoms with Crippen LogP contribution in [0.3, 0.4) is 0 Å². The SMILES string of the molecule is CCC(=O)OCCCCc1cccc(N(C)CC(C)C)c1F. The first-order valence-electron chi connectivity index (χ1n) is 8.09. The number of esters is 1. The second-order valence-electron chi connectivity index (χ2n) is 6.06. The van der Waals surface area contributed by atoms with Crippen LogP contribution in [0.15, 0.2) is 18.2 Å². The molecule has 0 aliphatic rings. The highest BCUT2D eigenvalue weighted by Gasteiger charge is 2.12. The zero-order valence-corrected chi connectivity index (χ0v) is 14.2. The molecule has 0 saturated heterocycles. The largest absolute Gasteiger partial charge is 0.466 e. The molecule has 0 atom stereocenters. The molecule has 0 aromatic heterocycles. The standard InChI is InChI=1S/C18H28FNO2/c1-5-17(21)22-12-7-6-9-15-10-8-11-16(18(15)19)20(4)13-14(2)3/h8,10-11,14H,5-7,9,12-13H2,1-4H3. The molecule has 0 N–H and O–H groups in total. The van der Waals surface area contributed by atoms with E-state index >= 15 is 0 Å². The molecule has 0 bridgehead atoms. The number of ether oxygens (including phenoxy) is 1. The third-order valence-corrected chi connectivity index (χ3v) is 3.50. The Morgan fingerprint density at radius 3 is 2.68 bits per heavy atom. The lowest BCUT2D eigenvalue weighted by Gasteiger charge is -2.23. The van der Waals surface area contributed by atoms with Crippen molar-refractivity contribution in [2.75, 3.05) is 25.1 Å². The van der Waals surface area contributed by atoms with Gasteiger partial charge in [-0.3, -0.25) is 4.79 Å². The predicted molar refractivity (Wildman–Crippen MR) is 88.7 cm³/mol. The van der Waals surface area contributed by atoms with E-state index in [1.807, 2.05) is 30.1 Å². The van der Waals surface area contributed by atoms with E-state index in [-0.39, 0.29) is 11.8 Å². The molecule has 0 spiro atoms. The molecule has 1 aromatic rings. The van der Waals surface area contributed by atoms with Crippen molar-refractivity contribution in [3.05, 3.63) is 29.6 Å². The molecule has 0 unspecified atom stereocenters. The van der Waals surface area contributed by atoms with E-state index in [0.29, 0.717) is 31.1 Å². The van der Waals surface area contributed by atoms with Crippen LogP contribution in [0.4, 0.5) is 10.1 Å². The number of anilines is 1. The van der Waals surface area contributed by atoms with Crippen molar-refractivity contribution in [3.63, 3.8) is 0 Å². The first-order valence-corrected chi connectivity index (χ1v) is 8.09. The van der Waals surface area contributed by atoms with Gasteiger partial charge in [-0.15, -0.1) is 0 Å². The van der Waals surface area contributed by atoms with Gasteiger partial charge < -0.3 is 9.64 Å². The fraction of sp³-hybridized carbons (Fsp3) is 0.611. The Hall–Kier alpha value is -1.58. The van der Waals surface area contributed by atoms with Gasteiger partial charge >= 0.3 is 5.97 Å². The maximum absolute atomic E-state index is 14.5. The van der Waals surface area contributed by atoms with Crippen molar-refractivity contribution in [3.8, 4) is 0 Å². The third-order valence-electron chi connectivity index (χ3n) is 3.50. The average Bonchev–Trinajstić information content (AvgIpc) is 2.47. The summed E-state index contributed by atoms with van der Waals surface area (Å²) < 4.78 is 19.6. The van der Waals surface area contributed by atoms with Crippen molar-refractivity contribution in [1.82, 2.24) is 0 Å². The molecule has 124 valence electrons. The molecule has 0 radical (unpaired) electrons. The zero-order chi connectivity index (χ0) is 16.5. The van der Waals surface area contributed by atoms with Gasteiger partial charge in [0.2, 0.25) is 0 Å². The smallest absolute Gasteiger partial charge is 0.305 e. The summed E-state index contributed by atoms with van der Waals surface area (Å²) in [4.78, 5) is 13.0. The van der Waals surface area contributed by atoms with E-state index in [1.165, 1.54) is 0 Å². The minimum Gasteiger partial charge on any atom is -0.466 e. The van der Waals surface area contributed by atoms with E-state index in [9.17, 15) is 9.18 Å². The number of halogens is 1. The van der Waals surface area contributed by atoms with Crippen LogP contribution in [0.5, 0.6) is 0 Å². The minimum absolute atomic E-state index is 0.129. The normalized spacial score (nSPS) is 10.8. The topological polar surface area (TPSA) is 29.5 Å². The number of hydrogen-bond acceptors (Lipinski definition) is 3. The number of carbonyl (C=O) groups is 1. The summed E-state index contributed by atoms with van der Waals surface area (Å²) in [7, 11) is 1.92. The summed E-state index contributed by atoms with van der Waals surface area (Å²) in [5, 5.41) is 0. The van der Waals surface area contributed by atoms with Gasteiger partial charge in [0.25, 0.3) is 0 Å². The Morgan fingerprint density at radius 2 is 2.05 bits per heavy atom. The Balaban J connectivity index is 2.52. The molecule has 1 rings (SSSR count). The second-order valence-corrected chi connectivity index (χ2v) is 6.06. The molecular formula is C18H28FNO2. The van der Waals surface area contributed by atoms with Crippen LogP contribution in [-0.2, 0) is 16.0 Å². The summed E-state index contributed by atoms with van der Waals surface area (Å²) in [5.41, 5.74) is 1.39. The monoisotopic (exact) mass is 309 g/mol. The zero-order valence-electron chi connectivity index (χ0n) is 14.2. The van der Waals surface area contributed by atoms with E-state index in [0.717, 1.165) is 24.9 Å². The van der Waals surface area contributed by atoms with Crippen molar-refractivity contribution in [2.24, 2.45) is 5.92 Å². The molecule has 3 nitrogen and oxygen atoms in total. The maximum Gasteiger partial charge on any atom is 0.305 e. The molecular weight excluding hydrogens is 281 g/mol. The molecule has 0 heterocycles. The molecule has 1 aromatic carbocycles. The summed E-state index contributed by atoms with van der Waals surface area (Å²) in [6.07, 6.45) is 2.64. The van der Waals surface area contributed by atoms with Crippen LogP contribution in [-0.4, -0.2) is 26.2 Å². The highest BCUT2D eigenvalue weighted by molar-refractivity contribution is 5.68. The van der Waals surface area contributed by atoms with E-state index in [2.05, 4.69) is 13.8 Å². The highest BCUT2D eigenvalue weighted by Crippen LogP contribution is 2.23. The van der Waals surface area contributed by atoms with Crippen LogP contribution >= 0.6 is 0 Å². The molecule has 0 aliphatic carbocycles. The summed E-state index contributed by atoms with van der Waals surface area (Å²) in [6, 6.07) is 5.56. The Morgan fingerprint density at radius 1 is 1.32 bits per heavy atom. The minimum atomic E-state index is -0.177. The lowest BCUT2D eigenvalue weighted by Crippen LogP contribution is -2.23. The molecule has 4 heteroatoms. The molecule has 0 saturated carbocycles. The van der Waals surface area contributed by atoms with Gasteiger partial charge in [0.15, 0.2) is 0 Å². The summed E-state index contributed by atoms with van der Waals surface area (Å²) >= 11 is 0. The molecule has 0 aliphatic heterocycles. The molecule has 0 amide bonds. The number of aryl methyl sites for hydroxylation is 1. The van der Waals surface area contributed by atoms with Crippen molar-refractivity contribution in [2.45, 2.75) is 46.5 Å². The Labute approximate surface area is 133 Å². The average molecular weight is 309 g/mol. The Bertz CT molecular complexity index is 474. The summed E-state index contributed by atoms with van der Waals surface area (Å²) in [6.45, 7) is 7.26. The van der Waals surface area contributed by atoms with Crippen molar-refractivity contribution < 1.29 is 13.9 Å². The molecule has 0 fully saturated rings. The van der Waals surface area contributed by atoms with Crippen LogP contribution in [0.1, 0.15) is 45.6 Å². The van der Waals surface area contributed by atoms with Crippen molar-refractivity contribution in [1.29, 1.82) is 0 Å². The predicted octanol–water partition coefficient (Wildman–Crippen LogP) is 4.19. The number of rotatable bonds is 9. The van der Waals surface area contributed by atoms with E-state index in [1.54, 1.807) is 6.92 Å². The van der Waals surface area contributed by atoms with Crippen LogP contribution in [0.2, 0.25) is 0 Å². The first kappa shape index (κ1) is 18.5. The van der Waals surface area contributed by atoms with E-state index in [4.69, 9.17) is 4.74 Å². The lowest BCUT2D eigenvalue weighted by atomic mass is 10.1. The number of hydrogen-bond donors (Lipinski definition) is 0. The van der Waals surface area contributed by atoms with Gasteiger partial charge in [-0.05, 0) is 36.8 Å². The highest BCUT2D eigenvalue weighted by atomic mass is 19.1. The fourth-order valence-electron chi connectivity index (χ4n) is 2.41. The molecule has 22 heavy (non-hydrogen) atoms. The fourth-order valence-corrected chi connectivity index (χ4v) is 2.41. The number of unbranched alkanes of at least 4 members (excludes halogenated alkanes) is 1. The van der Waals surface area contributed by atoms with Gasteiger partial charge in [-0.2, -0.15) is 0 Å². The van der Waals surface area contributed by atoms with Crippen LogP contribution in [0.25, 0.3) is 0 Å². The van der Waals surface area contributed by atoms with E-state index < -0.39 is 0 Å². The van der Waals surface area contributed by atoms with Crippen molar-refractivity contribution >= 4 is 11.7 Å². The van der Waals surface area contributed by atoms with Gasteiger partial charge in [0.05, 0.1) is 12.3 Å². The first-order chi connectivity index (χ1) is 10.5. The third kappa shape index (κ3) is 6.04.